The minimum Gasteiger partial charge on any atom is -0.326 e. The van der Waals surface area contributed by atoms with Gasteiger partial charge in [-0.25, -0.2) is 4.39 Å². The minimum atomic E-state index is -0.560. The Morgan fingerprint density at radius 3 is 2.77 bits per heavy atom. The summed E-state index contributed by atoms with van der Waals surface area (Å²) < 4.78 is 13.1. The van der Waals surface area contributed by atoms with Crippen LogP contribution in [0.4, 0.5) is 10.1 Å². The summed E-state index contributed by atoms with van der Waals surface area (Å²) in [4.78, 5) is 28.5. The Morgan fingerprint density at radius 1 is 1.27 bits per heavy atom. The SMILES string of the molecule is O=C(C[C@H]1SC(=NCc2ccccc2)NC1=O)Nc1ccc(F)c(Cl)c1. The average molecular weight is 392 g/mol. The lowest BCUT2D eigenvalue weighted by Crippen LogP contribution is -2.28. The number of hydrogen-bond acceptors (Lipinski definition) is 4. The number of benzene rings is 2. The molecule has 2 aromatic carbocycles. The smallest absolute Gasteiger partial charge is 0.240 e. The predicted octanol–water partition coefficient (Wildman–Crippen LogP) is 3.60. The summed E-state index contributed by atoms with van der Waals surface area (Å²) in [6.07, 6.45) is -0.0180. The molecule has 2 aromatic rings. The highest BCUT2D eigenvalue weighted by Crippen LogP contribution is 2.24. The molecule has 0 saturated carbocycles. The van der Waals surface area contributed by atoms with Gasteiger partial charge in [0.05, 0.1) is 11.6 Å². The fourth-order valence-corrected chi connectivity index (χ4v) is 3.46. The van der Waals surface area contributed by atoms with Crippen LogP contribution in [0.5, 0.6) is 0 Å². The molecule has 0 spiro atoms. The number of hydrogen-bond donors (Lipinski definition) is 2. The van der Waals surface area contributed by atoms with Gasteiger partial charge in [0, 0.05) is 12.1 Å². The van der Waals surface area contributed by atoms with Crippen LogP contribution in [-0.2, 0) is 16.1 Å². The van der Waals surface area contributed by atoms with E-state index in [0.717, 1.165) is 5.56 Å². The maximum Gasteiger partial charge on any atom is 0.240 e. The van der Waals surface area contributed by atoms with E-state index < -0.39 is 11.1 Å². The first-order valence-electron chi connectivity index (χ1n) is 7.82. The molecule has 1 aliphatic heterocycles. The van der Waals surface area contributed by atoms with Crippen LogP contribution >= 0.6 is 23.4 Å². The van der Waals surface area contributed by atoms with Crippen LogP contribution in [-0.4, -0.2) is 22.2 Å². The molecule has 0 bridgehead atoms. The zero-order valence-electron chi connectivity index (χ0n) is 13.5. The van der Waals surface area contributed by atoms with E-state index in [9.17, 15) is 14.0 Å². The Balaban J connectivity index is 1.55. The Labute approximate surface area is 159 Å². The molecule has 1 fully saturated rings. The van der Waals surface area contributed by atoms with Gasteiger partial charge in [-0.3, -0.25) is 14.6 Å². The van der Waals surface area contributed by atoms with Crippen LogP contribution in [0.1, 0.15) is 12.0 Å². The number of nitrogens with one attached hydrogen (secondary N) is 2. The van der Waals surface area contributed by atoms with Gasteiger partial charge in [0.1, 0.15) is 11.1 Å². The summed E-state index contributed by atoms with van der Waals surface area (Å²) in [7, 11) is 0. The van der Waals surface area contributed by atoms with Crippen LogP contribution < -0.4 is 10.6 Å². The molecule has 5 nitrogen and oxygen atoms in total. The molecular weight excluding hydrogens is 377 g/mol. The quantitative estimate of drug-likeness (QED) is 0.818. The molecule has 1 saturated heterocycles. The van der Waals surface area contributed by atoms with Crippen LogP contribution in [0, 0.1) is 5.82 Å². The number of nitrogens with zero attached hydrogens (tertiary/aromatic N) is 1. The molecule has 8 heteroatoms. The molecule has 3 rings (SSSR count). The Morgan fingerprint density at radius 2 is 2.04 bits per heavy atom. The standard InChI is InChI=1S/C18H15ClFN3O2S/c19-13-8-12(6-7-14(13)20)22-16(24)9-15-17(25)23-18(26-15)21-10-11-4-2-1-3-5-11/h1-8,15H,9-10H2,(H,22,24)(H,21,23,25)/t15-/m1/s1. The third kappa shape index (κ3) is 4.83. The molecule has 134 valence electrons. The van der Waals surface area contributed by atoms with Crippen molar-refractivity contribution in [3.8, 4) is 0 Å². The van der Waals surface area contributed by atoms with Crippen molar-refractivity contribution in [2.75, 3.05) is 5.32 Å². The molecule has 2 N–H and O–H groups in total. The summed E-state index contributed by atoms with van der Waals surface area (Å²) >= 11 is 6.91. The van der Waals surface area contributed by atoms with E-state index in [2.05, 4.69) is 15.6 Å². The molecule has 26 heavy (non-hydrogen) atoms. The van der Waals surface area contributed by atoms with E-state index in [4.69, 9.17) is 11.6 Å². The monoisotopic (exact) mass is 391 g/mol. The molecule has 0 radical (unpaired) electrons. The van der Waals surface area contributed by atoms with Crippen molar-refractivity contribution < 1.29 is 14.0 Å². The Bertz CT molecular complexity index is 861. The second kappa shape index (κ2) is 8.33. The first-order chi connectivity index (χ1) is 12.5. The van der Waals surface area contributed by atoms with E-state index >= 15 is 0 Å². The Kier molecular flexibility index (Phi) is 5.90. The molecule has 0 unspecified atom stereocenters. The second-order valence-electron chi connectivity index (χ2n) is 5.58. The van der Waals surface area contributed by atoms with Gasteiger partial charge in [0.15, 0.2) is 5.17 Å². The van der Waals surface area contributed by atoms with Gasteiger partial charge in [-0.05, 0) is 23.8 Å². The lowest BCUT2D eigenvalue weighted by atomic mass is 10.2. The van der Waals surface area contributed by atoms with Crippen molar-refractivity contribution in [3.63, 3.8) is 0 Å². The van der Waals surface area contributed by atoms with Crippen LogP contribution in [0.15, 0.2) is 53.5 Å². The number of amidine groups is 1. The highest BCUT2D eigenvalue weighted by molar-refractivity contribution is 8.15. The molecular formula is C18H15ClFN3O2S. The van der Waals surface area contributed by atoms with Crippen LogP contribution in [0.2, 0.25) is 5.02 Å². The number of carbonyl (C=O) groups excluding carboxylic acids is 2. The highest BCUT2D eigenvalue weighted by atomic mass is 35.5. The Hall–Kier alpha value is -2.38. The number of halogens is 2. The molecule has 2 amide bonds. The molecule has 1 aliphatic rings. The lowest BCUT2D eigenvalue weighted by molar-refractivity contribution is -0.122. The lowest BCUT2D eigenvalue weighted by Gasteiger charge is -2.08. The summed E-state index contributed by atoms with van der Waals surface area (Å²) in [5, 5.41) is 5.16. The number of carbonyl (C=O) groups is 2. The first kappa shape index (κ1) is 18.4. The van der Waals surface area contributed by atoms with Crippen molar-refractivity contribution in [1.29, 1.82) is 0 Å². The van der Waals surface area contributed by atoms with Gasteiger partial charge in [0.2, 0.25) is 11.8 Å². The summed E-state index contributed by atoms with van der Waals surface area (Å²) in [6, 6.07) is 13.6. The van der Waals surface area contributed by atoms with Crippen LogP contribution in [0.25, 0.3) is 0 Å². The zero-order valence-corrected chi connectivity index (χ0v) is 15.1. The van der Waals surface area contributed by atoms with E-state index in [-0.39, 0.29) is 23.3 Å². The fourth-order valence-electron chi connectivity index (χ4n) is 2.32. The summed E-state index contributed by atoms with van der Waals surface area (Å²) in [6.45, 7) is 0.455. The first-order valence-corrected chi connectivity index (χ1v) is 9.08. The third-order valence-corrected chi connectivity index (χ3v) is 5.01. The van der Waals surface area contributed by atoms with E-state index in [1.165, 1.54) is 30.0 Å². The van der Waals surface area contributed by atoms with Gasteiger partial charge in [-0.15, -0.1) is 0 Å². The molecule has 1 heterocycles. The summed E-state index contributed by atoms with van der Waals surface area (Å²) in [5.41, 5.74) is 1.41. The maximum atomic E-state index is 13.1. The summed E-state index contributed by atoms with van der Waals surface area (Å²) in [5.74, 6) is -1.17. The van der Waals surface area contributed by atoms with Crippen LogP contribution in [0.3, 0.4) is 0 Å². The van der Waals surface area contributed by atoms with Gasteiger partial charge >= 0.3 is 0 Å². The van der Waals surface area contributed by atoms with Crippen molar-refractivity contribution in [1.82, 2.24) is 5.32 Å². The van der Waals surface area contributed by atoms with Crippen molar-refractivity contribution in [3.05, 3.63) is 64.9 Å². The number of anilines is 1. The van der Waals surface area contributed by atoms with E-state index in [0.29, 0.717) is 17.4 Å². The van der Waals surface area contributed by atoms with Crippen molar-refractivity contribution >= 4 is 46.0 Å². The molecule has 0 aliphatic carbocycles. The largest absolute Gasteiger partial charge is 0.326 e. The number of amides is 2. The average Bonchev–Trinajstić information content (AvgIpc) is 2.97. The zero-order chi connectivity index (χ0) is 18.5. The predicted molar refractivity (Wildman–Crippen MR) is 102 cm³/mol. The minimum absolute atomic E-state index is 0.0180. The number of thioether (sulfide) groups is 1. The second-order valence-corrected chi connectivity index (χ2v) is 7.18. The van der Waals surface area contributed by atoms with Gasteiger partial charge in [0.25, 0.3) is 0 Å². The molecule has 1 atom stereocenters. The third-order valence-electron chi connectivity index (χ3n) is 3.60. The fraction of sp³-hybridized carbons (Fsp3) is 0.167. The van der Waals surface area contributed by atoms with Gasteiger partial charge in [-0.1, -0.05) is 53.7 Å². The van der Waals surface area contributed by atoms with Gasteiger partial charge < -0.3 is 10.6 Å². The van der Waals surface area contributed by atoms with Gasteiger partial charge in [-0.2, -0.15) is 0 Å². The maximum absolute atomic E-state index is 13.1. The van der Waals surface area contributed by atoms with E-state index in [1.54, 1.807) is 0 Å². The van der Waals surface area contributed by atoms with E-state index in [1.807, 2.05) is 30.3 Å². The topological polar surface area (TPSA) is 70.6 Å². The normalized spacial score (nSPS) is 18.0. The highest BCUT2D eigenvalue weighted by Gasteiger charge is 2.32. The molecule has 0 aromatic heterocycles. The number of rotatable bonds is 5. The van der Waals surface area contributed by atoms with Crippen molar-refractivity contribution in [2.45, 2.75) is 18.2 Å². The number of aliphatic imine (C=N–C) groups is 1. The van der Waals surface area contributed by atoms with Crippen molar-refractivity contribution in [2.24, 2.45) is 4.99 Å².